The van der Waals surface area contributed by atoms with Crippen LogP contribution in [0.15, 0.2) is 42.5 Å². The second kappa shape index (κ2) is 9.15. The van der Waals surface area contributed by atoms with Crippen LogP contribution >= 0.6 is 34.5 Å². The number of fused-ring (bicyclic) bond motifs is 1. The highest BCUT2D eigenvalue weighted by Gasteiger charge is 2.16. The Kier molecular flexibility index (Phi) is 6.31. The van der Waals surface area contributed by atoms with Gasteiger partial charge in [0.05, 0.1) is 40.2 Å². The molecule has 8 nitrogen and oxygen atoms in total. The van der Waals surface area contributed by atoms with Gasteiger partial charge in [-0.05, 0) is 43.3 Å². The van der Waals surface area contributed by atoms with Gasteiger partial charge in [-0.3, -0.25) is 9.59 Å². The molecule has 0 fully saturated rings. The molecule has 0 bridgehead atoms. The molecule has 0 aliphatic heterocycles. The van der Waals surface area contributed by atoms with Crippen LogP contribution in [0, 0.1) is 6.92 Å². The normalized spacial score (nSPS) is 10.9. The lowest BCUT2D eigenvalue weighted by atomic mass is 10.2. The van der Waals surface area contributed by atoms with E-state index < -0.39 is 11.8 Å². The van der Waals surface area contributed by atoms with Gasteiger partial charge in [-0.25, -0.2) is 4.98 Å². The van der Waals surface area contributed by atoms with E-state index in [-0.39, 0.29) is 17.1 Å². The number of aromatic nitrogens is 3. The summed E-state index contributed by atoms with van der Waals surface area (Å²) in [5.74, 6) is 0.269. The van der Waals surface area contributed by atoms with Gasteiger partial charge in [0, 0.05) is 11.1 Å². The average molecular weight is 490 g/mol. The molecular weight excluding hydrogens is 473 g/mol. The summed E-state index contributed by atoms with van der Waals surface area (Å²) in [5, 5.41) is 11.0. The predicted molar refractivity (Wildman–Crippen MR) is 125 cm³/mol. The molecule has 2 N–H and O–H groups in total. The zero-order chi connectivity index (χ0) is 22.8. The van der Waals surface area contributed by atoms with E-state index in [1.165, 1.54) is 23.5 Å². The fourth-order valence-electron chi connectivity index (χ4n) is 2.96. The van der Waals surface area contributed by atoms with E-state index in [1.54, 1.807) is 23.9 Å². The van der Waals surface area contributed by atoms with Crippen molar-refractivity contribution in [2.75, 3.05) is 19.0 Å². The van der Waals surface area contributed by atoms with Crippen LogP contribution in [0.25, 0.3) is 15.3 Å². The first-order chi connectivity index (χ1) is 15.3. The van der Waals surface area contributed by atoms with Crippen LogP contribution in [-0.2, 0) is 4.79 Å². The Morgan fingerprint density at radius 1 is 1.16 bits per heavy atom. The molecule has 0 aliphatic carbocycles. The number of carbonyl (C=O) groups excluding carboxylic acids is 2. The second-order valence-electron chi connectivity index (χ2n) is 6.77. The number of halogens is 2. The third-order valence-corrected chi connectivity index (χ3v) is 5.99. The summed E-state index contributed by atoms with van der Waals surface area (Å²) >= 11 is 13.3. The molecule has 0 spiro atoms. The minimum absolute atomic E-state index is 0.205. The minimum Gasteiger partial charge on any atom is -0.497 e. The van der Waals surface area contributed by atoms with Crippen molar-refractivity contribution in [1.29, 1.82) is 0 Å². The monoisotopic (exact) mass is 489 g/mol. The van der Waals surface area contributed by atoms with Gasteiger partial charge in [0.25, 0.3) is 5.91 Å². The Morgan fingerprint density at radius 2 is 1.97 bits per heavy atom. The zero-order valence-electron chi connectivity index (χ0n) is 17.0. The lowest BCUT2D eigenvalue weighted by molar-refractivity contribution is -0.115. The maximum Gasteiger partial charge on any atom is 0.253 e. The highest BCUT2D eigenvalue weighted by atomic mass is 35.5. The van der Waals surface area contributed by atoms with Crippen molar-refractivity contribution in [1.82, 2.24) is 20.1 Å². The highest BCUT2D eigenvalue weighted by Crippen LogP contribution is 2.30. The summed E-state index contributed by atoms with van der Waals surface area (Å²) in [5.41, 5.74) is 1.73. The van der Waals surface area contributed by atoms with Crippen molar-refractivity contribution < 1.29 is 14.3 Å². The third kappa shape index (κ3) is 4.69. The van der Waals surface area contributed by atoms with Crippen LogP contribution < -0.4 is 15.4 Å². The number of rotatable bonds is 6. The summed E-state index contributed by atoms with van der Waals surface area (Å²) in [6.45, 7) is 1.56. The maximum atomic E-state index is 12.5. The van der Waals surface area contributed by atoms with E-state index in [0.717, 1.165) is 16.0 Å². The van der Waals surface area contributed by atoms with Gasteiger partial charge in [0.2, 0.25) is 11.0 Å². The largest absolute Gasteiger partial charge is 0.497 e. The topological polar surface area (TPSA) is 98.1 Å². The van der Waals surface area contributed by atoms with Crippen molar-refractivity contribution in [3.8, 4) is 10.9 Å². The molecule has 0 unspecified atom stereocenters. The Hall–Kier alpha value is -3.14. The lowest BCUT2D eigenvalue weighted by Crippen LogP contribution is -2.33. The smallest absolute Gasteiger partial charge is 0.253 e. The number of thiazole rings is 1. The second-order valence-corrected chi connectivity index (χ2v) is 8.62. The number of amides is 2. The molecule has 164 valence electrons. The van der Waals surface area contributed by atoms with E-state index in [1.807, 2.05) is 25.1 Å². The van der Waals surface area contributed by atoms with E-state index in [2.05, 4.69) is 20.7 Å². The first kappa shape index (κ1) is 22.1. The van der Waals surface area contributed by atoms with E-state index in [9.17, 15) is 9.59 Å². The number of carbonyl (C=O) groups is 2. The number of nitrogens with zero attached hydrogens (tertiary/aromatic N) is 3. The summed E-state index contributed by atoms with van der Waals surface area (Å²) < 4.78 is 7.74. The first-order valence-electron chi connectivity index (χ1n) is 9.39. The van der Waals surface area contributed by atoms with Gasteiger partial charge >= 0.3 is 0 Å². The Morgan fingerprint density at radius 3 is 2.72 bits per heavy atom. The SMILES string of the molecule is COc1ccc2nc(-n3nc(C)cc3NC(=O)CNC(=O)c3ccc(Cl)cc3Cl)sc2c1. The quantitative estimate of drug-likeness (QED) is 0.416. The van der Waals surface area contributed by atoms with Crippen LogP contribution in [0.1, 0.15) is 16.1 Å². The summed E-state index contributed by atoms with van der Waals surface area (Å²) in [7, 11) is 1.60. The Bertz CT molecular complexity index is 1330. The van der Waals surface area contributed by atoms with Crippen LogP contribution in [0.2, 0.25) is 10.0 Å². The number of aryl methyl sites for hydroxylation is 1. The number of methoxy groups -OCH3 is 1. The van der Waals surface area contributed by atoms with Crippen molar-refractivity contribution in [2.24, 2.45) is 0 Å². The molecule has 11 heteroatoms. The summed E-state index contributed by atoms with van der Waals surface area (Å²) in [6.07, 6.45) is 0. The molecule has 2 heterocycles. The third-order valence-electron chi connectivity index (χ3n) is 4.45. The molecule has 0 aliphatic rings. The van der Waals surface area contributed by atoms with Gasteiger partial charge in [-0.15, -0.1) is 0 Å². The minimum atomic E-state index is -0.480. The van der Waals surface area contributed by atoms with Gasteiger partial charge in [-0.2, -0.15) is 9.78 Å². The number of ether oxygens (including phenoxy) is 1. The molecule has 32 heavy (non-hydrogen) atoms. The molecular formula is C21H17Cl2N5O3S. The molecule has 4 aromatic rings. The summed E-state index contributed by atoms with van der Waals surface area (Å²) in [4.78, 5) is 29.4. The first-order valence-corrected chi connectivity index (χ1v) is 11.0. The Balaban J connectivity index is 1.48. The molecule has 0 atom stereocenters. The number of hydrogen-bond donors (Lipinski definition) is 2. The Labute approximate surface area is 197 Å². The van der Waals surface area contributed by atoms with Crippen molar-refractivity contribution in [3.63, 3.8) is 0 Å². The van der Waals surface area contributed by atoms with Crippen molar-refractivity contribution in [3.05, 3.63) is 63.8 Å². The van der Waals surface area contributed by atoms with Gasteiger partial charge in [0.1, 0.15) is 11.6 Å². The fourth-order valence-corrected chi connectivity index (χ4v) is 4.42. The molecule has 2 aromatic heterocycles. The van der Waals surface area contributed by atoms with E-state index in [0.29, 0.717) is 21.7 Å². The van der Waals surface area contributed by atoms with Gasteiger partial charge in [-0.1, -0.05) is 34.5 Å². The molecule has 0 radical (unpaired) electrons. The number of anilines is 1. The average Bonchev–Trinajstić information content (AvgIpc) is 3.34. The zero-order valence-corrected chi connectivity index (χ0v) is 19.3. The van der Waals surface area contributed by atoms with Crippen LogP contribution in [0.3, 0.4) is 0 Å². The molecule has 4 rings (SSSR count). The summed E-state index contributed by atoms with van der Waals surface area (Å²) in [6, 6.07) is 11.8. The number of benzene rings is 2. The maximum absolute atomic E-state index is 12.5. The molecule has 2 amide bonds. The van der Waals surface area contributed by atoms with E-state index >= 15 is 0 Å². The van der Waals surface area contributed by atoms with Crippen LogP contribution in [0.4, 0.5) is 5.82 Å². The van der Waals surface area contributed by atoms with Crippen molar-refractivity contribution >= 4 is 62.4 Å². The number of nitrogens with one attached hydrogen (secondary N) is 2. The number of hydrogen-bond acceptors (Lipinski definition) is 6. The fraction of sp³-hybridized carbons (Fsp3) is 0.143. The van der Waals surface area contributed by atoms with Crippen molar-refractivity contribution in [2.45, 2.75) is 6.92 Å². The van der Waals surface area contributed by atoms with Crippen LogP contribution in [0.5, 0.6) is 5.75 Å². The predicted octanol–water partition coefficient (Wildman–Crippen LogP) is 4.47. The van der Waals surface area contributed by atoms with Gasteiger partial charge < -0.3 is 15.4 Å². The molecule has 2 aromatic carbocycles. The molecule has 0 saturated heterocycles. The van der Waals surface area contributed by atoms with Crippen LogP contribution in [-0.4, -0.2) is 40.2 Å². The van der Waals surface area contributed by atoms with E-state index in [4.69, 9.17) is 27.9 Å². The lowest BCUT2D eigenvalue weighted by Gasteiger charge is -2.09. The molecule has 0 saturated carbocycles. The van der Waals surface area contributed by atoms with Gasteiger partial charge in [0.15, 0.2) is 0 Å². The standard InChI is InChI=1S/C21H17Cl2N5O3S/c1-11-7-18(26-19(29)10-24-20(30)14-5-3-12(22)8-15(14)23)28(27-11)21-25-16-6-4-13(31-2)9-17(16)32-21/h3-9H,10H2,1-2H3,(H,24,30)(H,26,29). The highest BCUT2D eigenvalue weighted by molar-refractivity contribution is 7.20.